The number of hydrogen-bond donors (Lipinski definition) is 3. The first-order valence-corrected chi connectivity index (χ1v) is 6.85. The van der Waals surface area contributed by atoms with Gasteiger partial charge in [0.25, 0.3) is 0 Å². The maximum Gasteiger partial charge on any atom is 0.326 e. The Morgan fingerprint density at radius 2 is 1.86 bits per heavy atom. The van der Waals surface area contributed by atoms with E-state index in [0.717, 1.165) is 0 Å². The Bertz CT molecular complexity index is 424. The molecule has 1 atom stereocenters. The Kier molecular flexibility index (Phi) is 5.54. The van der Waals surface area contributed by atoms with Gasteiger partial charge in [-0.25, -0.2) is 9.59 Å². The number of rotatable bonds is 5. The second kappa shape index (κ2) is 6.75. The zero-order chi connectivity index (χ0) is 16.2. The monoisotopic (exact) mass is 301 g/mol. The molecule has 0 bridgehead atoms. The highest BCUT2D eigenvalue weighted by molar-refractivity contribution is 5.83. The van der Waals surface area contributed by atoms with Crippen LogP contribution < -0.4 is 5.32 Å². The molecule has 1 fully saturated rings. The van der Waals surface area contributed by atoms with E-state index in [-0.39, 0.29) is 18.4 Å². The number of nitrogens with one attached hydrogen (secondary N) is 1. The van der Waals surface area contributed by atoms with Gasteiger partial charge in [-0.2, -0.15) is 0 Å². The molecule has 1 heterocycles. The molecule has 1 rings (SSSR count). The van der Waals surface area contributed by atoms with Gasteiger partial charge in [0.1, 0.15) is 6.04 Å². The number of carbonyl (C=O) groups is 3. The minimum Gasteiger partial charge on any atom is -0.481 e. The third-order valence-corrected chi connectivity index (χ3v) is 3.85. The van der Waals surface area contributed by atoms with E-state index in [0.29, 0.717) is 19.6 Å². The van der Waals surface area contributed by atoms with Gasteiger partial charge in [0.05, 0.1) is 0 Å². The van der Waals surface area contributed by atoms with Crippen molar-refractivity contribution in [2.75, 3.05) is 26.7 Å². The van der Waals surface area contributed by atoms with E-state index in [1.165, 1.54) is 0 Å². The second-order valence-corrected chi connectivity index (χ2v) is 5.93. The molecule has 0 radical (unpaired) electrons. The molecule has 8 heteroatoms. The lowest BCUT2D eigenvalue weighted by atomic mass is 10.00. The van der Waals surface area contributed by atoms with Crippen LogP contribution in [0.15, 0.2) is 0 Å². The van der Waals surface area contributed by atoms with Crippen molar-refractivity contribution in [1.29, 1.82) is 0 Å². The fourth-order valence-electron chi connectivity index (χ4n) is 2.18. The Labute approximate surface area is 123 Å². The molecular weight excluding hydrogens is 278 g/mol. The quantitative estimate of drug-likeness (QED) is 0.661. The highest BCUT2D eigenvalue weighted by Gasteiger charge is 2.34. The zero-order valence-electron chi connectivity index (χ0n) is 12.6. The molecular formula is C13H23N3O5. The summed E-state index contributed by atoms with van der Waals surface area (Å²) in [6, 6.07) is -1.65. The fraction of sp³-hybridized carbons (Fsp3) is 0.769. The molecule has 2 amide bonds. The molecule has 0 saturated carbocycles. The van der Waals surface area contributed by atoms with Crippen molar-refractivity contribution in [1.82, 2.24) is 15.1 Å². The maximum atomic E-state index is 12.1. The van der Waals surface area contributed by atoms with Crippen molar-refractivity contribution in [3.8, 4) is 0 Å². The summed E-state index contributed by atoms with van der Waals surface area (Å²) < 4.78 is 0. The van der Waals surface area contributed by atoms with Crippen LogP contribution in [0.1, 0.15) is 26.7 Å². The molecule has 120 valence electrons. The molecule has 0 spiro atoms. The summed E-state index contributed by atoms with van der Waals surface area (Å²) >= 11 is 0. The summed E-state index contributed by atoms with van der Waals surface area (Å²) in [5.74, 6) is -2.31. The summed E-state index contributed by atoms with van der Waals surface area (Å²) in [5.41, 5.74) is -0.185. The van der Waals surface area contributed by atoms with Crippen molar-refractivity contribution in [3.63, 3.8) is 0 Å². The zero-order valence-corrected chi connectivity index (χ0v) is 12.6. The third-order valence-electron chi connectivity index (χ3n) is 3.85. The highest BCUT2D eigenvalue weighted by Crippen LogP contribution is 2.18. The number of urea groups is 1. The molecule has 1 saturated heterocycles. The number of piperazine rings is 1. The molecule has 1 unspecified atom stereocenters. The Balaban J connectivity index is 2.61. The van der Waals surface area contributed by atoms with Crippen LogP contribution in [0.4, 0.5) is 4.79 Å². The lowest BCUT2D eigenvalue weighted by Gasteiger charge is -2.45. The van der Waals surface area contributed by atoms with E-state index >= 15 is 0 Å². The molecule has 8 nitrogen and oxygen atoms in total. The van der Waals surface area contributed by atoms with Gasteiger partial charge < -0.3 is 20.4 Å². The Morgan fingerprint density at radius 3 is 2.33 bits per heavy atom. The van der Waals surface area contributed by atoms with Crippen LogP contribution in [0.3, 0.4) is 0 Å². The predicted molar refractivity (Wildman–Crippen MR) is 75.1 cm³/mol. The minimum atomic E-state index is -1.22. The molecule has 3 N–H and O–H groups in total. The Hall–Kier alpha value is -1.83. The average Bonchev–Trinajstić information content (AvgIpc) is 2.36. The van der Waals surface area contributed by atoms with Crippen LogP contribution in [-0.2, 0) is 9.59 Å². The lowest BCUT2D eigenvalue weighted by molar-refractivity contribution is -0.140. The second-order valence-electron chi connectivity index (χ2n) is 5.93. The molecule has 0 aromatic rings. The number of aliphatic carboxylic acids is 2. The number of hydrogen-bond acceptors (Lipinski definition) is 4. The van der Waals surface area contributed by atoms with Crippen molar-refractivity contribution >= 4 is 18.0 Å². The number of nitrogens with zero attached hydrogens (tertiary/aromatic N) is 2. The smallest absolute Gasteiger partial charge is 0.326 e. The SMILES string of the molecule is CN1CCN(C(=O)NC(CCC(=O)O)C(=O)O)CC1(C)C. The summed E-state index contributed by atoms with van der Waals surface area (Å²) in [6.45, 7) is 5.71. The van der Waals surface area contributed by atoms with E-state index in [1.807, 2.05) is 20.9 Å². The fourth-order valence-corrected chi connectivity index (χ4v) is 2.18. The van der Waals surface area contributed by atoms with Gasteiger partial charge in [0.15, 0.2) is 0 Å². The predicted octanol–water partition coefficient (Wildman–Crippen LogP) is 0.0400. The first kappa shape index (κ1) is 17.2. The number of carbonyl (C=O) groups excluding carboxylic acids is 1. The van der Waals surface area contributed by atoms with Gasteiger partial charge in [-0.15, -0.1) is 0 Å². The largest absolute Gasteiger partial charge is 0.481 e. The molecule has 0 aromatic carbocycles. The van der Waals surface area contributed by atoms with Gasteiger partial charge in [0, 0.05) is 31.6 Å². The van der Waals surface area contributed by atoms with Crippen molar-refractivity contribution in [3.05, 3.63) is 0 Å². The van der Waals surface area contributed by atoms with Gasteiger partial charge >= 0.3 is 18.0 Å². The molecule has 0 aliphatic carbocycles. The minimum absolute atomic E-state index is 0.131. The van der Waals surface area contributed by atoms with Crippen LogP contribution in [0.25, 0.3) is 0 Å². The van der Waals surface area contributed by atoms with E-state index in [2.05, 4.69) is 10.2 Å². The molecule has 1 aliphatic rings. The summed E-state index contributed by atoms with van der Waals surface area (Å²) in [7, 11) is 1.97. The van der Waals surface area contributed by atoms with E-state index in [9.17, 15) is 14.4 Å². The number of carboxylic acids is 2. The number of likely N-dealkylation sites (N-methyl/N-ethyl adjacent to an activating group) is 1. The molecule has 21 heavy (non-hydrogen) atoms. The number of carboxylic acid groups (broad SMARTS) is 2. The van der Waals surface area contributed by atoms with Crippen LogP contribution in [0.5, 0.6) is 0 Å². The standard InChI is InChI=1S/C13H23N3O5/c1-13(2)8-16(7-6-15(13)3)12(21)14-9(11(19)20)4-5-10(17)18/h9H,4-8H2,1-3H3,(H,14,21)(H,17,18)(H,19,20). The van der Waals surface area contributed by atoms with Gasteiger partial charge in [-0.3, -0.25) is 9.69 Å². The average molecular weight is 301 g/mol. The first-order chi connectivity index (χ1) is 9.63. The normalized spacial score (nSPS) is 19.9. The van der Waals surface area contributed by atoms with Gasteiger partial charge in [-0.1, -0.05) is 0 Å². The van der Waals surface area contributed by atoms with E-state index < -0.39 is 24.0 Å². The lowest BCUT2D eigenvalue weighted by Crippen LogP contribution is -2.61. The van der Waals surface area contributed by atoms with Crippen LogP contribution in [0.2, 0.25) is 0 Å². The van der Waals surface area contributed by atoms with Crippen molar-refractivity contribution < 1.29 is 24.6 Å². The first-order valence-electron chi connectivity index (χ1n) is 6.85. The highest BCUT2D eigenvalue weighted by atomic mass is 16.4. The van der Waals surface area contributed by atoms with Crippen molar-refractivity contribution in [2.24, 2.45) is 0 Å². The van der Waals surface area contributed by atoms with E-state index in [4.69, 9.17) is 10.2 Å². The van der Waals surface area contributed by atoms with Gasteiger partial charge in [0.2, 0.25) is 0 Å². The topological polar surface area (TPSA) is 110 Å². The summed E-state index contributed by atoms with van der Waals surface area (Å²) in [5, 5.41) is 20.0. The van der Waals surface area contributed by atoms with Crippen LogP contribution in [0, 0.1) is 0 Å². The van der Waals surface area contributed by atoms with Crippen LogP contribution in [-0.4, -0.2) is 76.2 Å². The van der Waals surface area contributed by atoms with Crippen molar-refractivity contribution in [2.45, 2.75) is 38.3 Å². The molecule has 0 aromatic heterocycles. The Morgan fingerprint density at radius 1 is 1.24 bits per heavy atom. The summed E-state index contributed by atoms with van der Waals surface area (Å²) in [6.07, 6.45) is -0.432. The van der Waals surface area contributed by atoms with Crippen LogP contribution >= 0.6 is 0 Å². The molecule has 1 aliphatic heterocycles. The maximum absolute atomic E-state index is 12.1. The van der Waals surface area contributed by atoms with Gasteiger partial charge in [-0.05, 0) is 27.3 Å². The number of amides is 2. The summed E-state index contributed by atoms with van der Waals surface area (Å²) in [4.78, 5) is 37.4. The third kappa shape index (κ3) is 4.89. The van der Waals surface area contributed by atoms with E-state index in [1.54, 1.807) is 4.90 Å².